The highest BCUT2D eigenvalue weighted by Crippen LogP contribution is 2.12. The van der Waals surface area contributed by atoms with Crippen molar-refractivity contribution in [2.75, 3.05) is 13.2 Å². The highest BCUT2D eigenvalue weighted by atomic mass is 32.2. The molecular formula is C20H21N3O8S. The van der Waals surface area contributed by atoms with Gasteiger partial charge in [-0.05, 0) is 49.7 Å². The van der Waals surface area contributed by atoms with Crippen LogP contribution in [0.15, 0.2) is 47.5 Å². The Hall–Kier alpha value is -3.80. The van der Waals surface area contributed by atoms with Crippen LogP contribution < -0.4 is 10.0 Å². The van der Waals surface area contributed by atoms with Gasteiger partial charge in [-0.2, -0.15) is 0 Å². The summed E-state index contributed by atoms with van der Waals surface area (Å²) in [6, 6.07) is 7.09. The van der Waals surface area contributed by atoms with E-state index in [-0.39, 0.29) is 47.3 Å². The van der Waals surface area contributed by atoms with Gasteiger partial charge in [0.25, 0.3) is 21.8 Å². The quantitative estimate of drug-likeness (QED) is 0.343. The maximum absolute atomic E-state index is 12.4. The van der Waals surface area contributed by atoms with Crippen molar-refractivity contribution in [2.24, 2.45) is 0 Å². The molecule has 11 nitrogen and oxygen atoms in total. The number of carboxylic acids is 1. The Morgan fingerprint density at radius 3 is 2.22 bits per heavy atom. The Kier molecular flexibility index (Phi) is 8.41. The molecule has 2 amide bonds. The summed E-state index contributed by atoms with van der Waals surface area (Å²) < 4.78 is 31.5. The minimum Gasteiger partial charge on any atom is -0.477 e. The number of pyridine rings is 1. The number of aromatic nitrogens is 1. The molecule has 170 valence electrons. The van der Waals surface area contributed by atoms with Crippen LogP contribution in [-0.4, -0.2) is 55.4 Å². The van der Waals surface area contributed by atoms with E-state index in [1.165, 1.54) is 12.1 Å². The third-order valence-corrected chi connectivity index (χ3v) is 5.39. The van der Waals surface area contributed by atoms with Gasteiger partial charge in [0, 0.05) is 24.7 Å². The molecule has 1 aromatic heterocycles. The van der Waals surface area contributed by atoms with Crippen molar-refractivity contribution in [3.63, 3.8) is 0 Å². The highest BCUT2D eigenvalue weighted by Gasteiger charge is 2.20. The van der Waals surface area contributed by atoms with Crippen LogP contribution in [0, 0.1) is 0 Å². The second-order valence-corrected chi connectivity index (χ2v) is 8.04. The molecule has 0 radical (unpaired) electrons. The lowest BCUT2D eigenvalue weighted by molar-refractivity contribution is -0.143. The highest BCUT2D eigenvalue weighted by molar-refractivity contribution is 7.90. The van der Waals surface area contributed by atoms with Gasteiger partial charge in [-0.3, -0.25) is 14.4 Å². The van der Waals surface area contributed by atoms with E-state index in [0.29, 0.717) is 6.42 Å². The SMILES string of the molecule is CCOC(=O)CCCNC(=O)c1ccc(S(=O)(=O)NC(=O)c2ccc(C(=O)O)nc2)cc1. The van der Waals surface area contributed by atoms with Gasteiger partial charge < -0.3 is 15.2 Å². The number of carbonyl (C=O) groups is 4. The van der Waals surface area contributed by atoms with Crippen LogP contribution in [0.3, 0.4) is 0 Å². The molecule has 0 fully saturated rings. The molecule has 0 aliphatic heterocycles. The molecule has 32 heavy (non-hydrogen) atoms. The van der Waals surface area contributed by atoms with Gasteiger partial charge in [-0.25, -0.2) is 22.9 Å². The fraction of sp³-hybridized carbons (Fsp3) is 0.250. The number of hydrogen-bond acceptors (Lipinski definition) is 8. The second-order valence-electron chi connectivity index (χ2n) is 6.36. The number of rotatable bonds is 10. The molecule has 1 heterocycles. The maximum Gasteiger partial charge on any atom is 0.354 e. The monoisotopic (exact) mass is 463 g/mol. The van der Waals surface area contributed by atoms with Crippen molar-refractivity contribution in [1.82, 2.24) is 15.0 Å². The maximum atomic E-state index is 12.4. The number of carboxylic acid groups (broad SMARTS) is 1. The third kappa shape index (κ3) is 6.87. The predicted molar refractivity (Wildman–Crippen MR) is 110 cm³/mol. The van der Waals surface area contributed by atoms with Crippen molar-refractivity contribution < 1.29 is 37.4 Å². The first kappa shape index (κ1) is 24.5. The smallest absolute Gasteiger partial charge is 0.354 e. The van der Waals surface area contributed by atoms with Crippen molar-refractivity contribution in [3.05, 3.63) is 59.4 Å². The number of nitrogens with zero attached hydrogens (tertiary/aromatic N) is 1. The lowest BCUT2D eigenvalue weighted by Gasteiger charge is -2.09. The van der Waals surface area contributed by atoms with Gasteiger partial charge in [0.15, 0.2) is 0 Å². The number of esters is 1. The van der Waals surface area contributed by atoms with Crippen LogP contribution in [0.1, 0.15) is 51.0 Å². The zero-order valence-corrected chi connectivity index (χ0v) is 17.8. The molecule has 0 saturated carbocycles. The average Bonchev–Trinajstić information content (AvgIpc) is 2.76. The number of nitrogens with one attached hydrogen (secondary N) is 2. The van der Waals surface area contributed by atoms with Crippen LogP contribution in [0.2, 0.25) is 0 Å². The van der Waals surface area contributed by atoms with Gasteiger partial charge in [0.05, 0.1) is 17.1 Å². The lowest BCUT2D eigenvalue weighted by Crippen LogP contribution is -2.31. The van der Waals surface area contributed by atoms with Crippen molar-refractivity contribution in [3.8, 4) is 0 Å². The second kappa shape index (κ2) is 11.0. The number of amides is 2. The summed E-state index contributed by atoms with van der Waals surface area (Å²) in [5, 5.41) is 11.4. The molecule has 2 rings (SSSR count). The zero-order chi connectivity index (χ0) is 23.7. The van der Waals surface area contributed by atoms with Crippen LogP contribution in [-0.2, 0) is 19.6 Å². The minimum absolute atomic E-state index is 0.141. The number of aromatic carboxylic acids is 1. The number of sulfonamides is 1. The fourth-order valence-corrected chi connectivity index (χ4v) is 3.42. The summed E-state index contributed by atoms with van der Waals surface area (Å²) in [7, 11) is -4.24. The molecule has 12 heteroatoms. The Bertz CT molecular complexity index is 1100. The van der Waals surface area contributed by atoms with Gasteiger partial charge in [-0.1, -0.05) is 0 Å². The summed E-state index contributed by atoms with van der Waals surface area (Å²) in [6.07, 6.45) is 1.51. The van der Waals surface area contributed by atoms with E-state index < -0.39 is 27.8 Å². The topological polar surface area (TPSA) is 169 Å². The van der Waals surface area contributed by atoms with Gasteiger partial charge >= 0.3 is 11.9 Å². The summed E-state index contributed by atoms with van der Waals surface area (Å²) >= 11 is 0. The summed E-state index contributed by atoms with van der Waals surface area (Å²) in [6.45, 7) is 2.22. The van der Waals surface area contributed by atoms with Crippen LogP contribution in [0.5, 0.6) is 0 Å². The number of ether oxygens (including phenoxy) is 1. The molecule has 0 spiro atoms. The molecule has 0 aliphatic rings. The van der Waals surface area contributed by atoms with Crippen LogP contribution in [0.25, 0.3) is 0 Å². The first-order valence-corrected chi connectivity index (χ1v) is 10.9. The third-order valence-electron chi connectivity index (χ3n) is 4.05. The van der Waals surface area contributed by atoms with Gasteiger partial charge in [0.1, 0.15) is 5.69 Å². The molecule has 0 unspecified atom stereocenters. The average molecular weight is 463 g/mol. The van der Waals surface area contributed by atoms with Crippen LogP contribution in [0.4, 0.5) is 0 Å². The molecule has 0 saturated heterocycles. The van der Waals surface area contributed by atoms with Crippen molar-refractivity contribution in [2.45, 2.75) is 24.7 Å². The van der Waals surface area contributed by atoms with E-state index >= 15 is 0 Å². The number of benzene rings is 1. The first-order valence-electron chi connectivity index (χ1n) is 9.44. The Balaban J connectivity index is 1.95. The Labute approximate surface area is 183 Å². The predicted octanol–water partition coefficient (Wildman–Crippen LogP) is 0.972. The van der Waals surface area contributed by atoms with Crippen molar-refractivity contribution >= 4 is 33.8 Å². The van der Waals surface area contributed by atoms with E-state index in [0.717, 1.165) is 30.5 Å². The molecule has 3 N–H and O–H groups in total. The fourth-order valence-electron chi connectivity index (χ4n) is 2.45. The molecular weight excluding hydrogens is 442 g/mol. The van der Waals surface area contributed by atoms with E-state index in [1.54, 1.807) is 6.92 Å². The van der Waals surface area contributed by atoms with Gasteiger partial charge in [-0.15, -0.1) is 0 Å². The van der Waals surface area contributed by atoms with E-state index in [9.17, 15) is 27.6 Å². The minimum atomic E-state index is -4.24. The Morgan fingerprint density at radius 2 is 1.66 bits per heavy atom. The molecule has 0 atom stereocenters. The molecule has 2 aromatic rings. The lowest BCUT2D eigenvalue weighted by atomic mass is 10.2. The number of carbonyl (C=O) groups excluding carboxylic acids is 3. The Morgan fingerprint density at radius 1 is 1.00 bits per heavy atom. The van der Waals surface area contributed by atoms with Crippen LogP contribution >= 0.6 is 0 Å². The normalized spacial score (nSPS) is 10.8. The van der Waals surface area contributed by atoms with E-state index in [2.05, 4.69) is 10.3 Å². The van der Waals surface area contributed by atoms with Gasteiger partial charge in [0.2, 0.25) is 0 Å². The standard InChI is InChI=1S/C20H21N3O8S/c1-2-31-17(24)4-3-11-21-18(25)13-5-8-15(9-6-13)32(29,30)23-19(26)14-7-10-16(20(27)28)22-12-14/h5-10,12H,2-4,11H2,1H3,(H,21,25)(H,23,26)(H,27,28). The molecule has 0 aliphatic carbocycles. The largest absolute Gasteiger partial charge is 0.477 e. The van der Waals surface area contributed by atoms with Crippen molar-refractivity contribution in [1.29, 1.82) is 0 Å². The summed E-state index contributed by atoms with van der Waals surface area (Å²) in [5.41, 5.74) is -0.239. The summed E-state index contributed by atoms with van der Waals surface area (Å²) in [5.74, 6) is -3.08. The first-order chi connectivity index (χ1) is 15.1. The molecule has 0 bridgehead atoms. The number of hydrogen-bond donors (Lipinski definition) is 3. The van der Waals surface area contributed by atoms with E-state index in [4.69, 9.17) is 9.84 Å². The molecule has 1 aromatic carbocycles. The zero-order valence-electron chi connectivity index (χ0n) is 17.0. The van der Waals surface area contributed by atoms with E-state index in [1.807, 2.05) is 4.72 Å². The summed E-state index contributed by atoms with van der Waals surface area (Å²) in [4.78, 5) is 49.6.